The molecule has 2 unspecified atom stereocenters. The highest BCUT2D eigenvalue weighted by atomic mass is 19.3. The van der Waals surface area contributed by atoms with Crippen molar-refractivity contribution in [3.05, 3.63) is 35.7 Å². The van der Waals surface area contributed by atoms with Gasteiger partial charge in [0.15, 0.2) is 5.69 Å². The van der Waals surface area contributed by atoms with Crippen LogP contribution in [0.3, 0.4) is 0 Å². The van der Waals surface area contributed by atoms with Crippen LogP contribution in [-0.2, 0) is 4.79 Å². The molecule has 1 saturated heterocycles. The molecule has 1 aromatic heterocycles. The van der Waals surface area contributed by atoms with Crippen molar-refractivity contribution in [3.63, 3.8) is 0 Å². The van der Waals surface area contributed by atoms with Gasteiger partial charge in [-0.25, -0.2) is 4.68 Å². The Morgan fingerprint density at radius 2 is 1.96 bits per heavy atom. The van der Waals surface area contributed by atoms with Gasteiger partial charge in [-0.2, -0.15) is 8.78 Å². The van der Waals surface area contributed by atoms with E-state index in [0.717, 1.165) is 0 Å². The number of amides is 1. The van der Waals surface area contributed by atoms with Crippen molar-refractivity contribution < 1.29 is 28.2 Å². The van der Waals surface area contributed by atoms with E-state index in [1.165, 1.54) is 33.8 Å². The van der Waals surface area contributed by atoms with Crippen LogP contribution in [0.2, 0.25) is 0 Å². The Balaban J connectivity index is 1.81. The fourth-order valence-corrected chi connectivity index (χ4v) is 3.23. The third kappa shape index (κ3) is 3.60. The van der Waals surface area contributed by atoms with Crippen molar-refractivity contribution in [1.29, 1.82) is 0 Å². The van der Waals surface area contributed by atoms with Gasteiger partial charge in [0, 0.05) is 12.6 Å². The highest BCUT2D eigenvalue weighted by Crippen LogP contribution is 2.27. The van der Waals surface area contributed by atoms with Crippen LogP contribution in [0.5, 0.6) is 5.75 Å². The molecule has 144 valence electrons. The summed E-state index contributed by atoms with van der Waals surface area (Å²) in [5.41, 5.74) is 1.12. The minimum absolute atomic E-state index is 0.00780. The third-order valence-electron chi connectivity index (χ3n) is 4.74. The Hall–Kier alpha value is -3.04. The average molecular weight is 380 g/mol. The first kappa shape index (κ1) is 18.7. The molecule has 1 aromatic carbocycles. The third-order valence-corrected chi connectivity index (χ3v) is 4.74. The molecule has 0 spiro atoms. The van der Waals surface area contributed by atoms with Crippen LogP contribution in [0.25, 0.3) is 5.69 Å². The molecule has 0 radical (unpaired) electrons. The maximum absolute atomic E-state index is 12.8. The van der Waals surface area contributed by atoms with E-state index in [1.807, 2.05) is 0 Å². The van der Waals surface area contributed by atoms with Gasteiger partial charge in [0.1, 0.15) is 5.75 Å². The molecule has 2 heterocycles. The van der Waals surface area contributed by atoms with Crippen LogP contribution >= 0.6 is 0 Å². The van der Waals surface area contributed by atoms with Crippen molar-refractivity contribution in [3.8, 4) is 11.4 Å². The van der Waals surface area contributed by atoms with E-state index in [-0.39, 0.29) is 17.4 Å². The van der Waals surface area contributed by atoms with Gasteiger partial charge in [0.05, 0.1) is 17.3 Å². The molecule has 0 bridgehead atoms. The number of carboxylic acids is 1. The summed E-state index contributed by atoms with van der Waals surface area (Å²) in [6, 6.07) is 5.33. The van der Waals surface area contributed by atoms with E-state index >= 15 is 0 Å². The second-order valence-corrected chi connectivity index (χ2v) is 6.28. The monoisotopic (exact) mass is 380 g/mol. The summed E-state index contributed by atoms with van der Waals surface area (Å²) in [7, 11) is 0. The van der Waals surface area contributed by atoms with Gasteiger partial charge in [0.25, 0.3) is 5.91 Å². The molecule has 3 rings (SSSR count). The molecule has 1 fully saturated rings. The Labute approximate surface area is 153 Å². The second-order valence-electron chi connectivity index (χ2n) is 6.28. The van der Waals surface area contributed by atoms with Crippen LogP contribution in [0.4, 0.5) is 8.78 Å². The van der Waals surface area contributed by atoms with Gasteiger partial charge in [-0.15, -0.1) is 5.10 Å². The lowest BCUT2D eigenvalue weighted by atomic mass is 10.0. The number of benzene rings is 1. The molecule has 0 saturated carbocycles. The zero-order valence-electron chi connectivity index (χ0n) is 14.7. The maximum atomic E-state index is 12.8. The van der Waals surface area contributed by atoms with E-state index in [2.05, 4.69) is 15.0 Å². The smallest absolute Gasteiger partial charge is 0.387 e. The molecule has 1 amide bonds. The number of ether oxygens (including phenoxy) is 1. The highest BCUT2D eigenvalue weighted by molar-refractivity contribution is 5.94. The Bertz CT molecular complexity index is 853. The number of carbonyl (C=O) groups excluding carboxylic acids is 1. The summed E-state index contributed by atoms with van der Waals surface area (Å²) < 4.78 is 30.2. The fraction of sp³-hybridized carbons (Fsp3) is 0.412. The number of hydrogen-bond donors (Lipinski definition) is 1. The zero-order valence-corrected chi connectivity index (χ0v) is 14.7. The van der Waals surface area contributed by atoms with E-state index in [4.69, 9.17) is 0 Å². The lowest BCUT2D eigenvalue weighted by Crippen LogP contribution is -2.38. The number of carbonyl (C=O) groups is 2. The molecule has 1 aliphatic rings. The maximum Gasteiger partial charge on any atom is 0.387 e. The van der Waals surface area contributed by atoms with E-state index in [9.17, 15) is 23.5 Å². The van der Waals surface area contributed by atoms with Gasteiger partial charge >= 0.3 is 12.6 Å². The fourth-order valence-electron chi connectivity index (χ4n) is 3.23. The highest BCUT2D eigenvalue weighted by Gasteiger charge is 2.39. The number of hydrogen-bond acceptors (Lipinski definition) is 5. The molecule has 0 aliphatic carbocycles. The summed E-state index contributed by atoms with van der Waals surface area (Å²) in [6.07, 6.45) is 0.390. The Morgan fingerprint density at radius 1 is 1.30 bits per heavy atom. The minimum Gasteiger partial charge on any atom is -0.481 e. The van der Waals surface area contributed by atoms with Crippen LogP contribution in [-0.4, -0.2) is 56.1 Å². The standard InChI is InChI=1S/C17H18F2N4O4/c1-9-13(16(25)26)7-8-22(9)15(24)14-10(2)23(21-20-14)11-3-5-12(6-4-11)27-17(18)19/h3-6,9,13,17H,7-8H2,1-2H3,(H,25,26). The molecule has 2 atom stereocenters. The number of halogens is 2. The molecule has 27 heavy (non-hydrogen) atoms. The number of carboxylic acid groups (broad SMARTS) is 1. The zero-order chi connectivity index (χ0) is 19.7. The van der Waals surface area contributed by atoms with E-state index in [0.29, 0.717) is 24.3 Å². The lowest BCUT2D eigenvalue weighted by Gasteiger charge is -2.22. The predicted molar refractivity (Wildman–Crippen MR) is 89.0 cm³/mol. The molecule has 2 aromatic rings. The quantitative estimate of drug-likeness (QED) is 0.853. The van der Waals surface area contributed by atoms with Gasteiger partial charge in [-0.3, -0.25) is 9.59 Å². The first-order valence-corrected chi connectivity index (χ1v) is 8.31. The van der Waals surface area contributed by atoms with Crippen LogP contribution in [0.1, 0.15) is 29.5 Å². The summed E-state index contributed by atoms with van der Waals surface area (Å²) in [4.78, 5) is 25.5. The number of rotatable bonds is 5. The van der Waals surface area contributed by atoms with Crippen LogP contribution in [0, 0.1) is 12.8 Å². The second kappa shape index (κ2) is 7.29. The summed E-state index contributed by atoms with van der Waals surface area (Å²) >= 11 is 0. The Morgan fingerprint density at radius 3 is 2.52 bits per heavy atom. The van der Waals surface area contributed by atoms with E-state index < -0.39 is 24.5 Å². The summed E-state index contributed by atoms with van der Waals surface area (Å²) in [5.74, 6) is -1.91. The number of likely N-dealkylation sites (tertiary alicyclic amines) is 1. The molecule has 1 N–H and O–H groups in total. The summed E-state index contributed by atoms with van der Waals surface area (Å²) in [6.45, 7) is 0.783. The SMILES string of the molecule is Cc1c(C(=O)N2CCC(C(=O)O)C2C)nnn1-c1ccc(OC(F)F)cc1. The first-order valence-electron chi connectivity index (χ1n) is 8.31. The van der Waals surface area contributed by atoms with Crippen molar-refractivity contribution in [2.45, 2.75) is 32.9 Å². The lowest BCUT2D eigenvalue weighted by molar-refractivity contribution is -0.142. The predicted octanol–water partition coefficient (Wildman–Crippen LogP) is 2.11. The van der Waals surface area contributed by atoms with E-state index in [1.54, 1.807) is 13.8 Å². The normalized spacial score (nSPS) is 19.5. The Kier molecular flexibility index (Phi) is 5.06. The van der Waals surface area contributed by atoms with Crippen molar-refractivity contribution in [1.82, 2.24) is 19.9 Å². The van der Waals surface area contributed by atoms with Gasteiger partial charge in [-0.05, 0) is 44.5 Å². The number of aromatic nitrogens is 3. The molecular weight excluding hydrogens is 362 g/mol. The number of nitrogens with zero attached hydrogens (tertiary/aromatic N) is 4. The molecule has 1 aliphatic heterocycles. The molecular formula is C17H18F2N4O4. The first-order chi connectivity index (χ1) is 12.8. The van der Waals surface area contributed by atoms with Crippen molar-refractivity contribution in [2.75, 3.05) is 6.54 Å². The van der Waals surface area contributed by atoms with Crippen molar-refractivity contribution in [2.24, 2.45) is 5.92 Å². The molecule has 10 heteroatoms. The largest absolute Gasteiger partial charge is 0.481 e. The average Bonchev–Trinajstić information content (AvgIpc) is 3.18. The van der Waals surface area contributed by atoms with Crippen LogP contribution in [0.15, 0.2) is 24.3 Å². The molecule has 8 nitrogen and oxygen atoms in total. The van der Waals surface area contributed by atoms with Gasteiger partial charge in [-0.1, -0.05) is 5.21 Å². The summed E-state index contributed by atoms with van der Waals surface area (Å²) in [5, 5.41) is 17.1. The minimum atomic E-state index is -2.91. The topological polar surface area (TPSA) is 97.5 Å². The van der Waals surface area contributed by atoms with Crippen LogP contribution < -0.4 is 4.74 Å². The number of alkyl halides is 2. The van der Waals surface area contributed by atoms with Crippen molar-refractivity contribution >= 4 is 11.9 Å². The van der Waals surface area contributed by atoms with Gasteiger partial charge in [0.2, 0.25) is 0 Å². The van der Waals surface area contributed by atoms with Gasteiger partial charge < -0.3 is 14.7 Å². The number of aliphatic carboxylic acids is 1.